The molecule has 0 fully saturated rings. The van der Waals surface area contributed by atoms with E-state index in [1.807, 2.05) is 0 Å². The van der Waals surface area contributed by atoms with Crippen LogP contribution in [0.25, 0.3) is 0 Å². The first-order chi connectivity index (χ1) is 7.75. The van der Waals surface area contributed by atoms with Crippen LogP contribution in [0.2, 0.25) is 0 Å². The topological polar surface area (TPSA) is 26.0 Å². The molecule has 0 heterocycles. The van der Waals surface area contributed by atoms with Crippen molar-refractivity contribution in [1.29, 1.82) is 0 Å². The highest BCUT2D eigenvalue weighted by molar-refractivity contribution is 5.39. The second-order valence-electron chi connectivity index (χ2n) is 5.60. The van der Waals surface area contributed by atoms with Crippen molar-refractivity contribution in [3.63, 3.8) is 0 Å². The zero-order valence-electron chi connectivity index (χ0n) is 12.6. The first kappa shape index (κ1) is 16.2. The maximum absolute atomic E-state index is 6.13. The Morgan fingerprint density at radius 3 is 2.00 bits per heavy atom. The molecule has 1 nitrogen and oxygen atoms in total. The minimum Gasteiger partial charge on any atom is -0.322 e. The highest BCUT2D eigenvalue weighted by atomic mass is 14.7. The van der Waals surface area contributed by atoms with Gasteiger partial charge >= 0.3 is 0 Å². The van der Waals surface area contributed by atoms with Crippen LogP contribution in [0.5, 0.6) is 0 Å². The number of hydrogen-bond acceptors (Lipinski definition) is 1. The molecule has 0 spiro atoms. The molecule has 1 aromatic carbocycles. The van der Waals surface area contributed by atoms with Gasteiger partial charge in [0, 0.05) is 5.54 Å². The summed E-state index contributed by atoms with van der Waals surface area (Å²) in [7, 11) is 0. The molecule has 0 saturated heterocycles. The van der Waals surface area contributed by atoms with Crippen molar-refractivity contribution in [2.45, 2.75) is 66.3 Å². The van der Waals surface area contributed by atoms with Gasteiger partial charge in [0.2, 0.25) is 0 Å². The zero-order valence-corrected chi connectivity index (χ0v) is 12.6. The van der Waals surface area contributed by atoms with Gasteiger partial charge in [-0.3, -0.25) is 0 Å². The Kier molecular flexibility index (Phi) is 6.48. The summed E-state index contributed by atoms with van der Waals surface area (Å²) in [5, 5.41) is 0. The van der Waals surface area contributed by atoms with Gasteiger partial charge in [-0.1, -0.05) is 52.3 Å². The van der Waals surface area contributed by atoms with Gasteiger partial charge in [0.05, 0.1) is 0 Å². The second-order valence-corrected chi connectivity index (χ2v) is 5.60. The van der Waals surface area contributed by atoms with Gasteiger partial charge < -0.3 is 5.73 Å². The standard InChI is InChI=1S/C13H21N.C3H8/c1-9(2)11-7-6-8-12(10(11)3)13(4,5)14;1-3-2/h6-9H,14H2,1-5H3;3H2,1-2H3. The fraction of sp³-hybridized carbons (Fsp3) is 0.625. The van der Waals surface area contributed by atoms with Crippen LogP contribution in [0.1, 0.15) is 70.6 Å². The summed E-state index contributed by atoms with van der Waals surface area (Å²) >= 11 is 0. The van der Waals surface area contributed by atoms with E-state index in [9.17, 15) is 0 Å². The SMILES string of the molecule is CCC.Cc1c(C(C)C)cccc1C(C)(C)N. The third-order valence-corrected chi connectivity index (χ3v) is 2.69. The van der Waals surface area contributed by atoms with Crippen molar-refractivity contribution in [1.82, 2.24) is 0 Å². The highest BCUT2D eigenvalue weighted by Gasteiger charge is 2.18. The van der Waals surface area contributed by atoms with E-state index in [4.69, 9.17) is 5.73 Å². The van der Waals surface area contributed by atoms with Crippen LogP contribution in [0.3, 0.4) is 0 Å². The molecule has 0 bridgehead atoms. The molecular weight excluding hydrogens is 206 g/mol. The van der Waals surface area contributed by atoms with E-state index >= 15 is 0 Å². The van der Waals surface area contributed by atoms with Gasteiger partial charge in [-0.25, -0.2) is 0 Å². The summed E-state index contributed by atoms with van der Waals surface area (Å²) < 4.78 is 0. The van der Waals surface area contributed by atoms with E-state index < -0.39 is 0 Å². The molecule has 0 aliphatic heterocycles. The Balaban J connectivity index is 0.000000770. The van der Waals surface area contributed by atoms with Gasteiger partial charge in [0.1, 0.15) is 0 Å². The Morgan fingerprint density at radius 1 is 1.18 bits per heavy atom. The monoisotopic (exact) mass is 235 g/mol. The normalized spacial score (nSPS) is 11.1. The van der Waals surface area contributed by atoms with Crippen LogP contribution in [0.4, 0.5) is 0 Å². The summed E-state index contributed by atoms with van der Waals surface area (Å²) in [6.45, 7) is 15.0. The average molecular weight is 235 g/mol. The Morgan fingerprint density at radius 2 is 1.65 bits per heavy atom. The molecule has 98 valence electrons. The number of nitrogens with two attached hydrogens (primary N) is 1. The maximum Gasteiger partial charge on any atom is 0.0355 e. The summed E-state index contributed by atoms with van der Waals surface area (Å²) in [5.74, 6) is 0.567. The lowest BCUT2D eigenvalue weighted by molar-refractivity contribution is 0.549. The summed E-state index contributed by atoms with van der Waals surface area (Å²) in [4.78, 5) is 0. The van der Waals surface area contributed by atoms with Crippen LogP contribution in [-0.2, 0) is 5.54 Å². The van der Waals surface area contributed by atoms with Crippen LogP contribution >= 0.6 is 0 Å². The minimum absolute atomic E-state index is 0.241. The van der Waals surface area contributed by atoms with Crippen molar-refractivity contribution in [3.05, 3.63) is 34.9 Å². The first-order valence-electron chi connectivity index (χ1n) is 6.64. The lowest BCUT2D eigenvalue weighted by Gasteiger charge is -2.24. The largest absolute Gasteiger partial charge is 0.322 e. The van der Waals surface area contributed by atoms with Gasteiger partial charge in [-0.15, -0.1) is 0 Å². The maximum atomic E-state index is 6.13. The van der Waals surface area contributed by atoms with Crippen molar-refractivity contribution < 1.29 is 0 Å². The molecule has 0 aromatic heterocycles. The third kappa shape index (κ3) is 4.91. The van der Waals surface area contributed by atoms with E-state index in [-0.39, 0.29) is 5.54 Å². The zero-order chi connectivity index (χ0) is 13.6. The number of hydrogen-bond donors (Lipinski definition) is 1. The predicted molar refractivity (Wildman–Crippen MR) is 78.4 cm³/mol. The van der Waals surface area contributed by atoms with Gasteiger partial charge in [0.15, 0.2) is 0 Å². The van der Waals surface area contributed by atoms with Gasteiger partial charge in [-0.05, 0) is 43.4 Å². The Bertz CT molecular complexity index is 332. The van der Waals surface area contributed by atoms with Crippen LogP contribution in [-0.4, -0.2) is 0 Å². The lowest BCUT2D eigenvalue weighted by Crippen LogP contribution is -2.29. The van der Waals surface area contributed by atoms with Crippen molar-refractivity contribution in [2.24, 2.45) is 5.73 Å². The highest BCUT2D eigenvalue weighted by Crippen LogP contribution is 2.27. The molecular formula is C16H29N. The average Bonchev–Trinajstić information content (AvgIpc) is 2.16. The number of benzene rings is 1. The molecule has 0 radical (unpaired) electrons. The Hall–Kier alpha value is -0.820. The first-order valence-corrected chi connectivity index (χ1v) is 6.64. The molecule has 17 heavy (non-hydrogen) atoms. The molecule has 1 heteroatoms. The molecule has 0 unspecified atom stereocenters. The minimum atomic E-state index is -0.241. The van der Waals surface area contributed by atoms with Gasteiger partial charge in [-0.2, -0.15) is 0 Å². The molecule has 1 aromatic rings. The molecule has 0 atom stereocenters. The fourth-order valence-corrected chi connectivity index (χ4v) is 1.98. The lowest BCUT2D eigenvalue weighted by atomic mass is 9.86. The quantitative estimate of drug-likeness (QED) is 0.788. The molecule has 2 N–H and O–H groups in total. The Labute approximate surface area is 107 Å². The van der Waals surface area contributed by atoms with E-state index in [2.05, 4.69) is 66.7 Å². The third-order valence-electron chi connectivity index (χ3n) is 2.69. The summed E-state index contributed by atoms with van der Waals surface area (Å²) in [5.41, 5.74) is 9.89. The smallest absolute Gasteiger partial charge is 0.0355 e. The summed E-state index contributed by atoms with van der Waals surface area (Å²) in [6, 6.07) is 6.42. The summed E-state index contributed by atoms with van der Waals surface area (Å²) in [6.07, 6.45) is 1.25. The molecule has 0 aliphatic rings. The van der Waals surface area contributed by atoms with Crippen molar-refractivity contribution >= 4 is 0 Å². The van der Waals surface area contributed by atoms with E-state index in [1.54, 1.807) is 0 Å². The van der Waals surface area contributed by atoms with E-state index in [1.165, 1.54) is 23.1 Å². The molecule has 0 amide bonds. The van der Waals surface area contributed by atoms with Crippen LogP contribution in [0, 0.1) is 6.92 Å². The van der Waals surface area contributed by atoms with E-state index in [0.717, 1.165) is 0 Å². The predicted octanol–water partition coefficient (Wildman–Crippen LogP) is 4.73. The molecule has 0 saturated carbocycles. The number of rotatable bonds is 2. The van der Waals surface area contributed by atoms with Crippen molar-refractivity contribution in [2.75, 3.05) is 0 Å². The molecule has 1 rings (SSSR count). The molecule has 0 aliphatic carbocycles. The van der Waals surface area contributed by atoms with Crippen molar-refractivity contribution in [3.8, 4) is 0 Å². The van der Waals surface area contributed by atoms with E-state index in [0.29, 0.717) is 5.92 Å². The van der Waals surface area contributed by atoms with Crippen LogP contribution < -0.4 is 5.73 Å². The van der Waals surface area contributed by atoms with Crippen LogP contribution in [0.15, 0.2) is 18.2 Å². The van der Waals surface area contributed by atoms with Gasteiger partial charge in [0.25, 0.3) is 0 Å². The second kappa shape index (κ2) is 6.80. The fourth-order valence-electron chi connectivity index (χ4n) is 1.98.